The molecule has 0 N–H and O–H groups in total. The normalized spacial score (nSPS) is 14.5. The number of nitrogens with zero attached hydrogens (tertiary/aromatic N) is 6. The van der Waals surface area contributed by atoms with E-state index in [9.17, 15) is 0 Å². The highest BCUT2D eigenvalue weighted by molar-refractivity contribution is 6.30. The molecule has 4 heterocycles. The number of rotatable bonds is 3. The van der Waals surface area contributed by atoms with Crippen LogP contribution >= 0.6 is 11.6 Å². The first kappa shape index (κ1) is 17.1. The summed E-state index contributed by atoms with van der Waals surface area (Å²) in [6.45, 7) is 3.07. The van der Waals surface area contributed by atoms with Gasteiger partial charge in [0.15, 0.2) is 5.82 Å². The van der Waals surface area contributed by atoms with Crippen LogP contribution in [0.5, 0.6) is 0 Å². The highest BCUT2D eigenvalue weighted by Crippen LogP contribution is 2.28. The molecular formula is C20H17ClN6O. The van der Waals surface area contributed by atoms with Gasteiger partial charge in [0.2, 0.25) is 0 Å². The third-order valence-electron chi connectivity index (χ3n) is 4.74. The molecule has 8 heteroatoms. The third-order valence-corrected chi connectivity index (χ3v) is 5.00. The second kappa shape index (κ2) is 7.18. The summed E-state index contributed by atoms with van der Waals surface area (Å²) in [7, 11) is 0. The van der Waals surface area contributed by atoms with Crippen molar-refractivity contribution in [3.8, 4) is 17.2 Å². The Morgan fingerprint density at radius 2 is 1.75 bits per heavy atom. The minimum atomic E-state index is 0.683. The molecule has 0 saturated carbocycles. The quantitative estimate of drug-likeness (QED) is 0.532. The van der Waals surface area contributed by atoms with Crippen molar-refractivity contribution in [3.63, 3.8) is 0 Å². The molecule has 7 nitrogen and oxygen atoms in total. The summed E-state index contributed by atoms with van der Waals surface area (Å²) in [5.74, 6) is 1.56. The van der Waals surface area contributed by atoms with Crippen LogP contribution in [0, 0.1) is 0 Å². The molecule has 0 bridgehead atoms. The van der Waals surface area contributed by atoms with Gasteiger partial charge in [0.1, 0.15) is 11.5 Å². The van der Waals surface area contributed by atoms with Crippen molar-refractivity contribution in [3.05, 3.63) is 60.1 Å². The van der Waals surface area contributed by atoms with Crippen molar-refractivity contribution in [1.82, 2.24) is 24.5 Å². The highest BCUT2D eigenvalue weighted by Gasteiger charge is 2.17. The van der Waals surface area contributed by atoms with Gasteiger partial charge in [-0.2, -0.15) is 0 Å². The van der Waals surface area contributed by atoms with Crippen molar-refractivity contribution in [1.29, 1.82) is 0 Å². The van der Waals surface area contributed by atoms with E-state index < -0.39 is 0 Å². The Kier molecular flexibility index (Phi) is 4.38. The van der Waals surface area contributed by atoms with E-state index in [1.807, 2.05) is 34.9 Å². The monoisotopic (exact) mass is 392 g/mol. The maximum atomic E-state index is 6.07. The summed E-state index contributed by atoms with van der Waals surface area (Å²) < 4.78 is 7.43. The molecule has 1 saturated heterocycles. The SMILES string of the molecule is Clc1ccc(-n2c(-c3cnc(N4CCOCC4)cn3)nc3ccncc32)cc1. The number of hydrogen-bond acceptors (Lipinski definition) is 6. The molecule has 0 amide bonds. The Morgan fingerprint density at radius 1 is 0.929 bits per heavy atom. The summed E-state index contributed by atoms with van der Waals surface area (Å²) in [5, 5.41) is 0.683. The van der Waals surface area contributed by atoms with Gasteiger partial charge < -0.3 is 9.64 Å². The number of fused-ring (bicyclic) bond motifs is 1. The molecule has 1 fully saturated rings. The molecule has 0 atom stereocenters. The minimum absolute atomic E-state index is 0.683. The van der Waals surface area contributed by atoms with E-state index in [4.69, 9.17) is 21.3 Å². The second-order valence-electron chi connectivity index (χ2n) is 6.47. The predicted molar refractivity (Wildman–Crippen MR) is 108 cm³/mol. The van der Waals surface area contributed by atoms with Crippen LogP contribution in [0.25, 0.3) is 28.2 Å². The Hall–Kier alpha value is -3.03. The zero-order valence-electron chi connectivity index (χ0n) is 15.0. The number of aromatic nitrogens is 5. The van der Waals surface area contributed by atoms with Crippen LogP contribution < -0.4 is 4.90 Å². The Bertz CT molecular complexity index is 1100. The van der Waals surface area contributed by atoms with Gasteiger partial charge in [0.05, 0.1) is 42.8 Å². The molecule has 4 aromatic rings. The molecule has 0 aliphatic carbocycles. The van der Waals surface area contributed by atoms with Crippen LogP contribution in [0.3, 0.4) is 0 Å². The summed E-state index contributed by atoms with van der Waals surface area (Å²) in [6, 6.07) is 9.51. The van der Waals surface area contributed by atoms with E-state index >= 15 is 0 Å². The first-order valence-corrected chi connectivity index (χ1v) is 9.41. The minimum Gasteiger partial charge on any atom is -0.378 e. The highest BCUT2D eigenvalue weighted by atomic mass is 35.5. The zero-order chi connectivity index (χ0) is 18.9. The van der Waals surface area contributed by atoms with E-state index in [0.717, 1.165) is 35.6 Å². The Labute approximate surface area is 166 Å². The number of anilines is 1. The smallest absolute Gasteiger partial charge is 0.166 e. The van der Waals surface area contributed by atoms with Gasteiger partial charge in [-0.1, -0.05) is 11.6 Å². The zero-order valence-corrected chi connectivity index (χ0v) is 15.8. The molecule has 0 spiro atoms. The first-order valence-electron chi connectivity index (χ1n) is 9.03. The fourth-order valence-corrected chi connectivity index (χ4v) is 3.47. The largest absolute Gasteiger partial charge is 0.378 e. The van der Waals surface area contributed by atoms with Crippen molar-refractivity contribution in [2.75, 3.05) is 31.2 Å². The fraction of sp³-hybridized carbons (Fsp3) is 0.200. The van der Waals surface area contributed by atoms with Crippen LogP contribution in [0.1, 0.15) is 0 Å². The average molecular weight is 393 g/mol. The van der Waals surface area contributed by atoms with Gasteiger partial charge in [0, 0.05) is 30.0 Å². The number of hydrogen-bond donors (Lipinski definition) is 0. The third kappa shape index (κ3) is 3.08. The van der Waals surface area contributed by atoms with Crippen LogP contribution in [-0.2, 0) is 4.74 Å². The lowest BCUT2D eigenvalue weighted by molar-refractivity contribution is 0.122. The molecular weight excluding hydrogens is 376 g/mol. The second-order valence-corrected chi connectivity index (χ2v) is 6.91. The summed E-state index contributed by atoms with van der Waals surface area (Å²) >= 11 is 6.07. The number of imidazole rings is 1. The van der Waals surface area contributed by atoms with Gasteiger partial charge in [-0.25, -0.2) is 15.0 Å². The molecule has 140 valence electrons. The molecule has 1 aliphatic rings. The lowest BCUT2D eigenvalue weighted by Crippen LogP contribution is -2.36. The lowest BCUT2D eigenvalue weighted by atomic mass is 10.3. The summed E-state index contributed by atoms with van der Waals surface area (Å²) in [5.41, 5.74) is 3.38. The van der Waals surface area contributed by atoms with Gasteiger partial charge in [0.25, 0.3) is 0 Å². The van der Waals surface area contributed by atoms with Gasteiger partial charge in [-0.15, -0.1) is 0 Å². The van der Waals surface area contributed by atoms with Crippen molar-refractivity contribution < 1.29 is 4.74 Å². The fourth-order valence-electron chi connectivity index (χ4n) is 3.34. The average Bonchev–Trinajstić information content (AvgIpc) is 3.15. The number of halogens is 1. The maximum absolute atomic E-state index is 6.07. The number of ether oxygens (including phenoxy) is 1. The van der Waals surface area contributed by atoms with Crippen molar-refractivity contribution in [2.45, 2.75) is 0 Å². The Morgan fingerprint density at radius 3 is 2.50 bits per heavy atom. The first-order chi connectivity index (χ1) is 13.8. The topological polar surface area (TPSA) is 69.0 Å². The van der Waals surface area contributed by atoms with Crippen LogP contribution in [-0.4, -0.2) is 50.8 Å². The van der Waals surface area contributed by atoms with E-state index in [0.29, 0.717) is 29.8 Å². The van der Waals surface area contributed by atoms with Gasteiger partial charge in [-0.3, -0.25) is 9.55 Å². The van der Waals surface area contributed by atoms with Crippen LogP contribution in [0.2, 0.25) is 5.02 Å². The number of benzene rings is 1. The number of pyridine rings is 1. The standard InChI is InChI=1S/C20H17ClN6O/c21-14-1-3-15(4-2-14)27-18-12-22-6-5-16(18)25-20(27)17-11-24-19(13-23-17)26-7-9-28-10-8-26/h1-6,11-13H,7-10H2. The lowest BCUT2D eigenvalue weighted by Gasteiger charge is -2.27. The molecule has 0 unspecified atom stereocenters. The predicted octanol–water partition coefficient (Wildman–Crippen LogP) is 3.37. The Balaban J connectivity index is 1.60. The molecule has 5 rings (SSSR count). The summed E-state index contributed by atoms with van der Waals surface area (Å²) in [6.07, 6.45) is 7.10. The van der Waals surface area contributed by atoms with Crippen LogP contribution in [0.15, 0.2) is 55.1 Å². The van der Waals surface area contributed by atoms with E-state index in [-0.39, 0.29) is 0 Å². The number of morpholine rings is 1. The van der Waals surface area contributed by atoms with Crippen molar-refractivity contribution in [2.24, 2.45) is 0 Å². The van der Waals surface area contributed by atoms with E-state index in [2.05, 4.69) is 19.9 Å². The maximum Gasteiger partial charge on any atom is 0.166 e. The molecule has 1 aliphatic heterocycles. The van der Waals surface area contributed by atoms with E-state index in [1.54, 1.807) is 24.8 Å². The molecule has 0 radical (unpaired) electrons. The molecule has 3 aromatic heterocycles. The van der Waals surface area contributed by atoms with Gasteiger partial charge in [-0.05, 0) is 30.3 Å². The molecule has 28 heavy (non-hydrogen) atoms. The summed E-state index contributed by atoms with van der Waals surface area (Å²) in [4.78, 5) is 20.5. The van der Waals surface area contributed by atoms with Gasteiger partial charge >= 0.3 is 0 Å². The van der Waals surface area contributed by atoms with Crippen molar-refractivity contribution >= 4 is 28.5 Å². The van der Waals surface area contributed by atoms with E-state index in [1.165, 1.54) is 0 Å². The molecule has 1 aromatic carbocycles. The van der Waals surface area contributed by atoms with Crippen LogP contribution in [0.4, 0.5) is 5.82 Å².